The van der Waals surface area contributed by atoms with E-state index in [0.29, 0.717) is 12.3 Å². The van der Waals surface area contributed by atoms with E-state index in [1.54, 1.807) is 0 Å². The fourth-order valence-electron chi connectivity index (χ4n) is 1.13. The van der Waals surface area contributed by atoms with Crippen molar-refractivity contribution in [3.8, 4) is 11.8 Å². The number of aldehydes is 1. The average Bonchev–Trinajstić information content (AvgIpc) is 2.44. The van der Waals surface area contributed by atoms with Crippen LogP contribution in [0.25, 0.3) is 0 Å². The third kappa shape index (κ3) is 21.0. The summed E-state index contributed by atoms with van der Waals surface area (Å²) >= 11 is 0. The van der Waals surface area contributed by atoms with Gasteiger partial charge < -0.3 is 25.9 Å². The number of amides is 1. The Morgan fingerprint density at radius 1 is 1.29 bits per heavy atom. The number of hydrogen-bond acceptors (Lipinski definition) is 5. The topological polar surface area (TPSA) is 90.5 Å². The first-order valence-electron chi connectivity index (χ1n) is 7.21. The van der Waals surface area contributed by atoms with Crippen LogP contribution in [-0.4, -0.2) is 56.1 Å². The van der Waals surface area contributed by atoms with Crippen molar-refractivity contribution in [3.05, 3.63) is 0 Å². The van der Waals surface area contributed by atoms with E-state index in [0.717, 1.165) is 19.5 Å². The van der Waals surface area contributed by atoms with E-state index >= 15 is 0 Å². The molecule has 0 bridgehead atoms. The highest BCUT2D eigenvalue weighted by molar-refractivity contribution is 5.79. The normalized spacial score (nSPS) is 10.8. The minimum Gasteiger partial charge on any atom is -0.385 e. The molecule has 4 N–H and O–H groups in total. The highest BCUT2D eigenvalue weighted by Gasteiger charge is 2.07. The zero-order valence-corrected chi connectivity index (χ0v) is 13.5. The van der Waals surface area contributed by atoms with Crippen LogP contribution >= 0.6 is 0 Å². The van der Waals surface area contributed by atoms with Crippen LogP contribution in [0.5, 0.6) is 0 Å². The summed E-state index contributed by atoms with van der Waals surface area (Å²) in [5.41, 5.74) is 0. The maximum absolute atomic E-state index is 10.9. The van der Waals surface area contributed by atoms with Crippen molar-refractivity contribution in [1.82, 2.24) is 16.0 Å². The molecule has 0 spiro atoms. The van der Waals surface area contributed by atoms with Crippen LogP contribution in [0.3, 0.4) is 0 Å². The van der Waals surface area contributed by atoms with E-state index in [4.69, 9.17) is 5.11 Å². The molecule has 1 amide bonds. The summed E-state index contributed by atoms with van der Waals surface area (Å²) in [5.74, 6) is 5.11. The number of carbonyl (C=O) groups excluding carboxylic acids is 2. The number of hydrogen-bond donors (Lipinski definition) is 4. The molecular formula is C15H29N3O3. The Bertz CT molecular complexity index is 322. The molecule has 0 aliphatic rings. The van der Waals surface area contributed by atoms with Gasteiger partial charge >= 0.3 is 0 Å². The zero-order valence-electron chi connectivity index (χ0n) is 13.5. The summed E-state index contributed by atoms with van der Waals surface area (Å²) in [6.07, 6.45) is -0.333. The zero-order chi connectivity index (χ0) is 16.5. The predicted octanol–water partition coefficient (Wildman–Crippen LogP) is -0.330. The lowest BCUT2D eigenvalue weighted by Crippen LogP contribution is -2.29. The Morgan fingerprint density at radius 2 is 1.95 bits per heavy atom. The van der Waals surface area contributed by atoms with E-state index in [1.165, 1.54) is 0 Å². The lowest BCUT2D eigenvalue weighted by Gasteiger charge is -2.05. The Hall–Kier alpha value is -1.42. The second kappa shape index (κ2) is 16.6. The number of aliphatic hydroxyl groups excluding tert-OH is 1. The molecule has 0 aromatic carbocycles. The summed E-state index contributed by atoms with van der Waals surface area (Å²) in [5, 5.41) is 17.6. The predicted molar refractivity (Wildman–Crippen MR) is 84.8 cm³/mol. The van der Waals surface area contributed by atoms with Crippen LogP contribution in [0, 0.1) is 11.8 Å². The Kier molecular flexibility index (Phi) is 17.3. The molecule has 122 valence electrons. The molecular weight excluding hydrogens is 270 g/mol. The van der Waals surface area contributed by atoms with Gasteiger partial charge in [0.25, 0.3) is 0 Å². The summed E-state index contributed by atoms with van der Waals surface area (Å²) in [4.78, 5) is 20.8. The number of nitrogens with one attached hydrogen (secondary N) is 3. The van der Waals surface area contributed by atoms with Gasteiger partial charge in [-0.25, -0.2) is 0 Å². The number of carbonyl (C=O) groups is 2. The van der Waals surface area contributed by atoms with Gasteiger partial charge in [-0.1, -0.05) is 26.7 Å². The Morgan fingerprint density at radius 3 is 2.43 bits per heavy atom. The third-order valence-corrected chi connectivity index (χ3v) is 2.15. The maximum Gasteiger partial charge on any atom is 0.223 e. The molecule has 0 aliphatic heterocycles. The highest BCUT2D eigenvalue weighted by atomic mass is 16.3. The summed E-state index contributed by atoms with van der Waals surface area (Å²) in [7, 11) is 1.96. The second-order valence-corrected chi connectivity index (χ2v) is 4.60. The van der Waals surface area contributed by atoms with Gasteiger partial charge in [0.2, 0.25) is 5.91 Å². The van der Waals surface area contributed by atoms with Gasteiger partial charge in [-0.2, -0.15) is 0 Å². The molecule has 0 heterocycles. The van der Waals surface area contributed by atoms with Crippen molar-refractivity contribution in [3.63, 3.8) is 0 Å². The van der Waals surface area contributed by atoms with Gasteiger partial charge in [0, 0.05) is 25.6 Å². The van der Waals surface area contributed by atoms with Crippen LogP contribution in [0.4, 0.5) is 0 Å². The second-order valence-electron chi connectivity index (χ2n) is 4.60. The molecule has 0 rings (SSSR count). The first kappa shape index (κ1) is 21.9. The van der Waals surface area contributed by atoms with E-state index in [2.05, 4.69) is 41.6 Å². The highest BCUT2D eigenvalue weighted by Crippen LogP contribution is 1.85. The van der Waals surface area contributed by atoms with E-state index in [-0.39, 0.29) is 18.9 Å². The molecule has 1 unspecified atom stereocenters. The Balaban J connectivity index is 0. The average molecular weight is 299 g/mol. The molecule has 1 atom stereocenters. The van der Waals surface area contributed by atoms with E-state index < -0.39 is 6.10 Å². The smallest absolute Gasteiger partial charge is 0.223 e. The van der Waals surface area contributed by atoms with Crippen LogP contribution in [0.2, 0.25) is 0 Å². The molecule has 6 nitrogen and oxygen atoms in total. The molecule has 0 saturated heterocycles. The first-order chi connectivity index (χ1) is 9.97. The van der Waals surface area contributed by atoms with Crippen molar-refractivity contribution in [2.24, 2.45) is 0 Å². The molecule has 0 aromatic rings. The standard InChI is InChI=1S/C9H13NO3.C6H16N2/c1-2-3-4-5-10-9(13)6-8(12)7-11;1-6(2)8-5-4-7-3/h7-8,12H,2,5-6H2,1H3,(H,10,13);6-8H,4-5H2,1-3H3. The molecule has 0 fully saturated rings. The molecule has 0 aliphatic carbocycles. The lowest BCUT2D eigenvalue weighted by atomic mass is 10.2. The summed E-state index contributed by atoms with van der Waals surface area (Å²) in [6, 6.07) is 0.614. The van der Waals surface area contributed by atoms with E-state index in [9.17, 15) is 9.59 Å². The van der Waals surface area contributed by atoms with Gasteiger partial charge in [0.05, 0.1) is 13.0 Å². The first-order valence-corrected chi connectivity index (χ1v) is 7.21. The van der Waals surface area contributed by atoms with Crippen molar-refractivity contribution in [2.45, 2.75) is 45.8 Å². The summed E-state index contributed by atoms with van der Waals surface area (Å²) < 4.78 is 0. The maximum atomic E-state index is 10.9. The largest absolute Gasteiger partial charge is 0.385 e. The monoisotopic (exact) mass is 299 g/mol. The van der Waals surface area contributed by atoms with Crippen molar-refractivity contribution >= 4 is 12.2 Å². The summed E-state index contributed by atoms with van der Waals surface area (Å²) in [6.45, 7) is 8.58. The van der Waals surface area contributed by atoms with Crippen LogP contribution in [0.15, 0.2) is 0 Å². The van der Waals surface area contributed by atoms with Crippen molar-refractivity contribution in [1.29, 1.82) is 0 Å². The molecule has 21 heavy (non-hydrogen) atoms. The SMILES string of the molecule is CCC#CCNC(=O)CC(O)C=O.CNCCNC(C)C. The van der Waals surface area contributed by atoms with Gasteiger partial charge in [-0.15, -0.1) is 5.92 Å². The molecule has 6 heteroatoms. The minimum atomic E-state index is -1.21. The van der Waals surface area contributed by atoms with E-state index in [1.807, 2.05) is 14.0 Å². The van der Waals surface area contributed by atoms with Gasteiger partial charge in [0.1, 0.15) is 12.4 Å². The van der Waals surface area contributed by atoms with Crippen molar-refractivity contribution < 1.29 is 14.7 Å². The third-order valence-electron chi connectivity index (χ3n) is 2.15. The molecule has 0 radical (unpaired) electrons. The molecule has 0 saturated carbocycles. The Labute approximate surface area is 128 Å². The molecule has 0 aromatic heterocycles. The fourth-order valence-corrected chi connectivity index (χ4v) is 1.13. The van der Waals surface area contributed by atoms with Crippen LogP contribution < -0.4 is 16.0 Å². The van der Waals surface area contributed by atoms with Gasteiger partial charge in [0.15, 0.2) is 0 Å². The van der Waals surface area contributed by atoms with Crippen molar-refractivity contribution in [2.75, 3.05) is 26.7 Å². The fraction of sp³-hybridized carbons (Fsp3) is 0.733. The minimum absolute atomic E-state index is 0.197. The number of rotatable bonds is 8. The van der Waals surface area contributed by atoms with Crippen LogP contribution in [0.1, 0.15) is 33.6 Å². The number of likely N-dealkylation sites (N-methyl/N-ethyl adjacent to an activating group) is 1. The number of aliphatic hydroxyl groups is 1. The van der Waals surface area contributed by atoms with Gasteiger partial charge in [-0.3, -0.25) is 4.79 Å². The van der Waals surface area contributed by atoms with Crippen LogP contribution in [-0.2, 0) is 9.59 Å². The quantitative estimate of drug-likeness (QED) is 0.280. The lowest BCUT2D eigenvalue weighted by molar-refractivity contribution is -0.126. The van der Waals surface area contributed by atoms with Gasteiger partial charge in [-0.05, 0) is 7.05 Å².